The molecule has 0 unspecified atom stereocenters. The minimum absolute atomic E-state index is 0.270. The van der Waals surface area contributed by atoms with Gasteiger partial charge in [-0.2, -0.15) is 0 Å². The quantitative estimate of drug-likeness (QED) is 0.258. The first-order chi connectivity index (χ1) is 15.9. The third kappa shape index (κ3) is 4.59. The molecule has 0 spiro atoms. The van der Waals surface area contributed by atoms with E-state index in [9.17, 15) is 4.79 Å². The van der Waals surface area contributed by atoms with Gasteiger partial charge in [-0.15, -0.1) is 0 Å². The van der Waals surface area contributed by atoms with Crippen molar-refractivity contribution in [2.24, 2.45) is 4.99 Å². The van der Waals surface area contributed by atoms with Gasteiger partial charge in [0.15, 0.2) is 5.70 Å². The van der Waals surface area contributed by atoms with Crippen molar-refractivity contribution in [1.29, 1.82) is 0 Å². The number of aryl methyl sites for hydroxylation is 3. The Morgan fingerprint density at radius 1 is 0.848 bits per heavy atom. The smallest absolute Gasteiger partial charge is 0.363 e. The maximum absolute atomic E-state index is 12.6. The van der Waals surface area contributed by atoms with Gasteiger partial charge in [0, 0.05) is 21.4 Å². The molecule has 162 valence electrons. The number of fused-ring (bicyclic) bond motifs is 1. The van der Waals surface area contributed by atoms with Crippen LogP contribution in [0.5, 0.6) is 0 Å². The lowest BCUT2D eigenvalue weighted by atomic mass is 10.1. The average molecular weight is 451 g/mol. The number of hydrogen-bond acceptors (Lipinski definition) is 5. The zero-order valence-corrected chi connectivity index (χ0v) is 19.4. The minimum atomic E-state index is -0.456. The Kier molecular flexibility index (Phi) is 5.56. The Bertz CT molecular complexity index is 1450. The number of aromatic nitrogens is 1. The van der Waals surface area contributed by atoms with Gasteiger partial charge in [0.25, 0.3) is 0 Å². The summed E-state index contributed by atoms with van der Waals surface area (Å²) < 4.78 is 5.48. The van der Waals surface area contributed by atoms with Crippen LogP contribution in [0.1, 0.15) is 27.8 Å². The Hall–Kier alpha value is -3.70. The van der Waals surface area contributed by atoms with E-state index in [1.807, 2.05) is 37.3 Å². The molecule has 33 heavy (non-hydrogen) atoms. The third-order valence-electron chi connectivity index (χ3n) is 5.38. The van der Waals surface area contributed by atoms with E-state index < -0.39 is 5.97 Å². The molecule has 5 rings (SSSR count). The van der Waals surface area contributed by atoms with Crippen molar-refractivity contribution in [2.45, 2.75) is 30.7 Å². The molecular weight excluding hydrogens is 428 g/mol. The summed E-state index contributed by atoms with van der Waals surface area (Å²) in [6.07, 6.45) is 1.77. The highest BCUT2D eigenvalue weighted by molar-refractivity contribution is 7.99. The lowest BCUT2D eigenvalue weighted by Crippen LogP contribution is -2.05. The number of ether oxygens (including phenoxy) is 1. The molecular formula is C28H22N2O2S. The average Bonchev–Trinajstić information content (AvgIpc) is 3.16. The minimum Gasteiger partial charge on any atom is -0.402 e. The molecule has 0 aliphatic carbocycles. The van der Waals surface area contributed by atoms with Crippen molar-refractivity contribution in [1.82, 2.24) is 4.98 Å². The predicted octanol–water partition coefficient (Wildman–Crippen LogP) is 6.66. The molecule has 3 aromatic carbocycles. The van der Waals surface area contributed by atoms with Crippen molar-refractivity contribution in [3.8, 4) is 0 Å². The lowest BCUT2D eigenvalue weighted by molar-refractivity contribution is -0.129. The summed E-state index contributed by atoms with van der Waals surface area (Å²) in [5.41, 5.74) is 6.24. The van der Waals surface area contributed by atoms with Crippen LogP contribution in [0.15, 0.2) is 93.4 Å². The molecule has 5 heteroatoms. The van der Waals surface area contributed by atoms with Crippen molar-refractivity contribution in [3.63, 3.8) is 0 Å². The Morgan fingerprint density at radius 2 is 1.61 bits per heavy atom. The Balaban J connectivity index is 1.60. The van der Waals surface area contributed by atoms with Gasteiger partial charge in [0.05, 0.1) is 5.52 Å². The molecule has 0 fully saturated rings. The first-order valence-corrected chi connectivity index (χ1v) is 11.5. The molecule has 0 atom stereocenters. The van der Waals surface area contributed by atoms with Crippen molar-refractivity contribution in [2.75, 3.05) is 0 Å². The van der Waals surface area contributed by atoms with E-state index >= 15 is 0 Å². The number of carbonyl (C=O) groups excluding carboxylic acids is 1. The van der Waals surface area contributed by atoms with Gasteiger partial charge in [-0.05, 0) is 69.3 Å². The Labute approximate surface area is 197 Å². The van der Waals surface area contributed by atoms with Crippen LogP contribution < -0.4 is 0 Å². The number of pyridine rings is 1. The zero-order chi connectivity index (χ0) is 22.9. The maximum atomic E-state index is 12.6. The molecule has 4 nitrogen and oxygen atoms in total. The van der Waals surface area contributed by atoms with Crippen LogP contribution in [0.2, 0.25) is 0 Å². The van der Waals surface area contributed by atoms with E-state index in [2.05, 4.69) is 61.3 Å². The van der Waals surface area contributed by atoms with Crippen LogP contribution >= 0.6 is 11.8 Å². The van der Waals surface area contributed by atoms with Crippen LogP contribution in [0, 0.1) is 20.8 Å². The summed E-state index contributed by atoms with van der Waals surface area (Å²) in [6.45, 7) is 6.12. The first kappa shape index (κ1) is 21.2. The van der Waals surface area contributed by atoms with Gasteiger partial charge >= 0.3 is 5.97 Å². The summed E-state index contributed by atoms with van der Waals surface area (Å²) in [6, 6.07) is 24.3. The van der Waals surface area contributed by atoms with Crippen molar-refractivity contribution >= 4 is 40.6 Å². The standard InChI is InChI=1S/C28H22N2O2S/c1-17-7-10-23(11-8-17)33-27-22(15-21-14-19(3)9-12-24(21)30-27)16-25-28(31)32-26(29-25)20-6-4-5-18(2)13-20/h4-16H,1-3H3. The molecule has 0 saturated heterocycles. The summed E-state index contributed by atoms with van der Waals surface area (Å²) in [7, 11) is 0. The van der Waals surface area contributed by atoms with Crippen LogP contribution in [0.3, 0.4) is 0 Å². The summed E-state index contributed by atoms with van der Waals surface area (Å²) >= 11 is 1.57. The van der Waals surface area contributed by atoms with Crippen LogP contribution in [-0.4, -0.2) is 16.9 Å². The van der Waals surface area contributed by atoms with E-state index in [4.69, 9.17) is 9.72 Å². The van der Waals surface area contributed by atoms with Gasteiger partial charge < -0.3 is 4.74 Å². The van der Waals surface area contributed by atoms with Crippen LogP contribution in [0.25, 0.3) is 17.0 Å². The molecule has 1 aliphatic rings. The molecule has 0 amide bonds. The monoisotopic (exact) mass is 450 g/mol. The fraction of sp³-hybridized carbons (Fsp3) is 0.107. The summed E-state index contributed by atoms with van der Waals surface area (Å²) in [5.74, 6) is -0.130. The summed E-state index contributed by atoms with van der Waals surface area (Å²) in [4.78, 5) is 23.1. The molecule has 0 bridgehead atoms. The number of aliphatic imine (C=N–C) groups is 1. The highest BCUT2D eigenvalue weighted by atomic mass is 32.2. The van der Waals surface area contributed by atoms with Gasteiger partial charge in [0.1, 0.15) is 5.03 Å². The second kappa shape index (κ2) is 8.68. The van der Waals surface area contributed by atoms with E-state index in [-0.39, 0.29) is 5.70 Å². The molecule has 1 aliphatic heterocycles. The molecule has 0 N–H and O–H groups in total. The van der Waals surface area contributed by atoms with E-state index in [1.54, 1.807) is 17.8 Å². The highest BCUT2D eigenvalue weighted by Crippen LogP contribution is 2.33. The molecule has 1 aromatic heterocycles. The molecule has 2 heterocycles. The fourth-order valence-electron chi connectivity index (χ4n) is 3.66. The highest BCUT2D eigenvalue weighted by Gasteiger charge is 2.25. The number of hydrogen-bond donors (Lipinski definition) is 0. The van der Waals surface area contributed by atoms with Gasteiger partial charge in [-0.1, -0.05) is 58.8 Å². The third-order valence-corrected chi connectivity index (χ3v) is 6.40. The van der Waals surface area contributed by atoms with Crippen molar-refractivity contribution < 1.29 is 9.53 Å². The topological polar surface area (TPSA) is 51.6 Å². The van der Waals surface area contributed by atoms with E-state index in [0.29, 0.717) is 5.90 Å². The predicted molar refractivity (Wildman–Crippen MR) is 134 cm³/mol. The number of nitrogens with zero attached hydrogens (tertiary/aromatic N) is 2. The van der Waals surface area contributed by atoms with Gasteiger partial charge in [0.2, 0.25) is 5.90 Å². The number of cyclic esters (lactones) is 1. The van der Waals surface area contributed by atoms with Crippen molar-refractivity contribution in [3.05, 3.63) is 106 Å². The molecule has 0 radical (unpaired) electrons. The van der Waals surface area contributed by atoms with E-state index in [1.165, 1.54) is 5.56 Å². The maximum Gasteiger partial charge on any atom is 0.363 e. The largest absolute Gasteiger partial charge is 0.402 e. The molecule has 0 saturated carbocycles. The number of esters is 1. The second-order valence-electron chi connectivity index (χ2n) is 8.20. The Morgan fingerprint density at radius 3 is 2.39 bits per heavy atom. The zero-order valence-electron chi connectivity index (χ0n) is 18.6. The number of rotatable bonds is 4. The second-order valence-corrected chi connectivity index (χ2v) is 9.26. The lowest BCUT2D eigenvalue weighted by Gasteiger charge is -2.09. The number of benzene rings is 3. The normalized spacial score (nSPS) is 14.6. The van der Waals surface area contributed by atoms with E-state index in [0.717, 1.165) is 43.1 Å². The van der Waals surface area contributed by atoms with Crippen LogP contribution in [-0.2, 0) is 9.53 Å². The number of carbonyl (C=O) groups is 1. The van der Waals surface area contributed by atoms with Gasteiger partial charge in [-0.25, -0.2) is 14.8 Å². The SMILES string of the molecule is Cc1ccc(Sc2nc3ccc(C)cc3cc2C=C2N=C(c3cccc(C)c3)OC2=O)cc1. The molecule has 4 aromatic rings. The summed E-state index contributed by atoms with van der Waals surface area (Å²) in [5, 5.41) is 1.83. The van der Waals surface area contributed by atoms with Crippen LogP contribution in [0.4, 0.5) is 0 Å². The first-order valence-electron chi connectivity index (χ1n) is 10.7. The van der Waals surface area contributed by atoms with Gasteiger partial charge in [-0.3, -0.25) is 0 Å². The fourth-order valence-corrected chi connectivity index (χ4v) is 4.53.